The Morgan fingerprint density at radius 3 is 2.52 bits per heavy atom. The number of anilines is 1. The third-order valence-electron chi connectivity index (χ3n) is 4.43. The lowest BCUT2D eigenvalue weighted by Gasteiger charge is -2.06. The van der Waals surface area contributed by atoms with Gasteiger partial charge in [0.25, 0.3) is 0 Å². The van der Waals surface area contributed by atoms with Crippen molar-refractivity contribution in [2.45, 2.75) is 19.0 Å². The fourth-order valence-electron chi connectivity index (χ4n) is 2.82. The Labute approximate surface area is 185 Å². The summed E-state index contributed by atoms with van der Waals surface area (Å²) in [6.45, 7) is 3.42. The zero-order chi connectivity index (χ0) is 22.7. The van der Waals surface area contributed by atoms with Crippen molar-refractivity contribution >= 4 is 45.9 Å². The van der Waals surface area contributed by atoms with Gasteiger partial charge in [-0.3, -0.25) is 4.79 Å². The van der Waals surface area contributed by atoms with Gasteiger partial charge in [-0.05, 0) is 25.5 Å². The Bertz CT molecular complexity index is 1150. The van der Waals surface area contributed by atoms with E-state index in [0.29, 0.717) is 16.5 Å². The SMILES string of the molecule is COC(=O)c1sc(NC(=O)CSc2nnc(-c3ccoc3C)n2C)c(C(=O)OC)c1C. The molecule has 0 aliphatic heterocycles. The summed E-state index contributed by atoms with van der Waals surface area (Å²) in [6.07, 6.45) is 1.57. The monoisotopic (exact) mass is 464 g/mol. The van der Waals surface area contributed by atoms with Gasteiger partial charge in [0.15, 0.2) is 11.0 Å². The second-order valence-corrected chi connectivity index (χ2v) is 8.30. The van der Waals surface area contributed by atoms with E-state index in [9.17, 15) is 14.4 Å². The first-order chi connectivity index (χ1) is 14.8. The highest BCUT2D eigenvalue weighted by Gasteiger charge is 2.27. The number of hydrogen-bond acceptors (Lipinski definition) is 10. The lowest BCUT2D eigenvalue weighted by Crippen LogP contribution is -2.16. The first-order valence-electron chi connectivity index (χ1n) is 8.95. The molecule has 3 aromatic rings. The van der Waals surface area contributed by atoms with E-state index in [1.165, 1.54) is 26.0 Å². The molecule has 0 aliphatic rings. The molecule has 0 saturated carbocycles. The van der Waals surface area contributed by atoms with Crippen LogP contribution in [0, 0.1) is 13.8 Å². The number of aryl methyl sites for hydroxylation is 1. The summed E-state index contributed by atoms with van der Waals surface area (Å²) in [5.74, 6) is -0.268. The van der Waals surface area contributed by atoms with Crippen LogP contribution in [-0.4, -0.2) is 52.6 Å². The molecular formula is C19H20N4O6S2. The summed E-state index contributed by atoms with van der Waals surface area (Å²) < 4.78 is 16.6. The Balaban J connectivity index is 1.75. The Morgan fingerprint density at radius 1 is 1.19 bits per heavy atom. The molecule has 10 nitrogen and oxygen atoms in total. The number of nitrogens with one attached hydrogen (secondary N) is 1. The van der Waals surface area contributed by atoms with Crippen molar-refractivity contribution in [2.75, 3.05) is 25.3 Å². The van der Waals surface area contributed by atoms with Crippen molar-refractivity contribution in [1.82, 2.24) is 14.8 Å². The maximum Gasteiger partial charge on any atom is 0.348 e. The molecule has 12 heteroatoms. The average Bonchev–Trinajstić information content (AvgIpc) is 3.42. The van der Waals surface area contributed by atoms with Crippen LogP contribution in [0.3, 0.4) is 0 Å². The third kappa shape index (κ3) is 4.49. The summed E-state index contributed by atoms with van der Waals surface area (Å²) >= 11 is 2.14. The van der Waals surface area contributed by atoms with Gasteiger partial charge < -0.3 is 23.8 Å². The van der Waals surface area contributed by atoms with Crippen molar-refractivity contribution in [2.24, 2.45) is 7.05 Å². The van der Waals surface area contributed by atoms with Crippen LogP contribution in [0.15, 0.2) is 21.9 Å². The van der Waals surface area contributed by atoms with Gasteiger partial charge in [0.1, 0.15) is 15.6 Å². The number of furan rings is 1. The summed E-state index contributed by atoms with van der Waals surface area (Å²) in [4.78, 5) is 36.9. The average molecular weight is 465 g/mol. The van der Waals surface area contributed by atoms with Gasteiger partial charge in [-0.2, -0.15) is 0 Å². The molecule has 3 heterocycles. The minimum Gasteiger partial charge on any atom is -0.469 e. The molecule has 0 saturated heterocycles. The van der Waals surface area contributed by atoms with Crippen molar-refractivity contribution in [3.63, 3.8) is 0 Å². The zero-order valence-corrected chi connectivity index (χ0v) is 19.1. The van der Waals surface area contributed by atoms with Crippen LogP contribution >= 0.6 is 23.1 Å². The number of methoxy groups -OCH3 is 2. The van der Waals surface area contributed by atoms with Crippen LogP contribution in [0.4, 0.5) is 5.00 Å². The number of amides is 1. The number of ether oxygens (including phenoxy) is 2. The smallest absolute Gasteiger partial charge is 0.348 e. The van der Waals surface area contributed by atoms with E-state index in [1.807, 2.05) is 6.92 Å². The molecule has 1 N–H and O–H groups in total. The van der Waals surface area contributed by atoms with Crippen LogP contribution in [-0.2, 0) is 21.3 Å². The number of esters is 2. The summed E-state index contributed by atoms with van der Waals surface area (Å²) in [7, 11) is 4.27. The lowest BCUT2D eigenvalue weighted by atomic mass is 10.1. The highest BCUT2D eigenvalue weighted by molar-refractivity contribution is 7.99. The lowest BCUT2D eigenvalue weighted by molar-refractivity contribution is -0.113. The van der Waals surface area contributed by atoms with Crippen LogP contribution in [0.25, 0.3) is 11.4 Å². The summed E-state index contributed by atoms with van der Waals surface area (Å²) in [5.41, 5.74) is 1.33. The number of nitrogens with zero attached hydrogens (tertiary/aromatic N) is 3. The van der Waals surface area contributed by atoms with Crippen molar-refractivity contribution < 1.29 is 28.3 Å². The molecule has 164 valence electrons. The van der Waals surface area contributed by atoms with E-state index in [0.717, 1.165) is 22.7 Å². The molecule has 31 heavy (non-hydrogen) atoms. The molecule has 1 amide bonds. The van der Waals surface area contributed by atoms with E-state index in [2.05, 4.69) is 15.5 Å². The van der Waals surface area contributed by atoms with Gasteiger partial charge >= 0.3 is 11.9 Å². The molecule has 0 radical (unpaired) electrons. The highest BCUT2D eigenvalue weighted by atomic mass is 32.2. The summed E-state index contributed by atoms with van der Waals surface area (Å²) in [6, 6.07) is 1.80. The molecule has 0 fully saturated rings. The van der Waals surface area contributed by atoms with E-state index < -0.39 is 11.9 Å². The number of thiophene rings is 1. The molecule has 0 aliphatic carbocycles. The van der Waals surface area contributed by atoms with Gasteiger partial charge in [0.2, 0.25) is 5.91 Å². The second kappa shape index (κ2) is 9.35. The van der Waals surface area contributed by atoms with Crippen LogP contribution in [0.5, 0.6) is 0 Å². The molecule has 0 atom stereocenters. The van der Waals surface area contributed by atoms with E-state index in [1.54, 1.807) is 30.9 Å². The van der Waals surface area contributed by atoms with Crippen LogP contribution < -0.4 is 5.32 Å². The number of hydrogen-bond donors (Lipinski definition) is 1. The maximum absolute atomic E-state index is 12.5. The minimum atomic E-state index is -0.653. The molecule has 0 aromatic carbocycles. The van der Waals surface area contributed by atoms with E-state index in [4.69, 9.17) is 13.9 Å². The largest absolute Gasteiger partial charge is 0.469 e. The number of rotatable bonds is 7. The normalized spacial score (nSPS) is 10.7. The van der Waals surface area contributed by atoms with Gasteiger partial charge in [-0.15, -0.1) is 21.5 Å². The standard InChI is InChI=1S/C19H20N4O6S2/c1-9-13(17(25)27-4)16(31-14(9)18(26)28-5)20-12(24)8-30-19-22-21-15(23(19)3)11-6-7-29-10(11)2/h6-7H,8H2,1-5H3,(H,20,24). The predicted octanol–water partition coefficient (Wildman–Crippen LogP) is 3.06. The first-order valence-corrected chi connectivity index (χ1v) is 10.7. The number of thioether (sulfide) groups is 1. The topological polar surface area (TPSA) is 126 Å². The third-order valence-corrected chi connectivity index (χ3v) is 6.63. The molecule has 3 aromatic heterocycles. The van der Waals surface area contributed by atoms with Crippen molar-refractivity contribution in [3.05, 3.63) is 34.1 Å². The summed E-state index contributed by atoms with van der Waals surface area (Å²) in [5, 5.41) is 11.7. The quantitative estimate of drug-likeness (QED) is 0.415. The van der Waals surface area contributed by atoms with Crippen LogP contribution in [0.2, 0.25) is 0 Å². The van der Waals surface area contributed by atoms with Gasteiger partial charge in [-0.1, -0.05) is 11.8 Å². The minimum absolute atomic E-state index is 0.0153. The maximum atomic E-state index is 12.5. The Hall–Kier alpha value is -3.12. The number of aromatic nitrogens is 3. The molecule has 0 bridgehead atoms. The van der Waals surface area contributed by atoms with Crippen LogP contribution in [0.1, 0.15) is 31.4 Å². The zero-order valence-electron chi connectivity index (χ0n) is 17.5. The predicted molar refractivity (Wildman–Crippen MR) is 115 cm³/mol. The molecule has 0 unspecified atom stereocenters. The first kappa shape index (κ1) is 22.6. The molecule has 0 spiro atoms. The Kier molecular flexibility index (Phi) is 6.81. The van der Waals surface area contributed by atoms with E-state index in [-0.39, 0.29) is 27.1 Å². The van der Waals surface area contributed by atoms with E-state index >= 15 is 0 Å². The van der Waals surface area contributed by atoms with Crippen molar-refractivity contribution in [3.8, 4) is 11.4 Å². The Morgan fingerprint density at radius 2 is 1.90 bits per heavy atom. The highest BCUT2D eigenvalue weighted by Crippen LogP contribution is 2.34. The number of carbonyl (C=O) groups is 3. The molecule has 3 rings (SSSR count). The van der Waals surface area contributed by atoms with Gasteiger partial charge in [0, 0.05) is 7.05 Å². The van der Waals surface area contributed by atoms with Gasteiger partial charge in [0.05, 0.1) is 37.4 Å². The second-order valence-electron chi connectivity index (χ2n) is 6.34. The fourth-order valence-corrected chi connectivity index (χ4v) is 4.66. The van der Waals surface area contributed by atoms with Crippen molar-refractivity contribution in [1.29, 1.82) is 0 Å². The van der Waals surface area contributed by atoms with Gasteiger partial charge in [-0.25, -0.2) is 9.59 Å². The molecular weight excluding hydrogens is 444 g/mol. The fraction of sp³-hybridized carbons (Fsp3) is 0.316. The number of carbonyl (C=O) groups excluding carboxylic acids is 3.